The molecule has 5 aromatic rings. The monoisotopic (exact) mass is 626 g/mol. The molecule has 3 heterocycles. The number of esters is 1. The zero-order valence-electron chi connectivity index (χ0n) is 25.3. The average molecular weight is 627 g/mol. The maximum Gasteiger partial charge on any atom is 0.337 e. The summed E-state index contributed by atoms with van der Waals surface area (Å²) in [5, 5.41) is 8.93. The van der Waals surface area contributed by atoms with Crippen LogP contribution in [0.5, 0.6) is 5.88 Å². The van der Waals surface area contributed by atoms with Crippen LogP contribution < -0.4 is 4.74 Å². The molecule has 1 fully saturated rings. The molecule has 1 aliphatic heterocycles. The summed E-state index contributed by atoms with van der Waals surface area (Å²) in [6.45, 7) is 4.85. The van der Waals surface area contributed by atoms with Crippen molar-refractivity contribution in [3.63, 3.8) is 0 Å². The Morgan fingerprint density at radius 1 is 1.02 bits per heavy atom. The van der Waals surface area contributed by atoms with E-state index < -0.39 is 23.4 Å². The average Bonchev–Trinajstić information content (AvgIpc) is 3.58. The van der Waals surface area contributed by atoms with Crippen molar-refractivity contribution in [2.75, 3.05) is 20.3 Å². The van der Waals surface area contributed by atoms with Crippen molar-refractivity contribution in [2.45, 2.75) is 32.9 Å². The molecule has 1 saturated heterocycles. The summed E-state index contributed by atoms with van der Waals surface area (Å²) in [6.07, 6.45) is -0.0232. The van der Waals surface area contributed by atoms with Gasteiger partial charge in [-0.25, -0.2) is 27.9 Å². The maximum atomic E-state index is 15.7. The normalized spacial score (nSPS) is 15.5. The summed E-state index contributed by atoms with van der Waals surface area (Å²) in [5.74, 6) is -1.85. The highest BCUT2D eigenvalue weighted by Crippen LogP contribution is 2.40. The highest BCUT2D eigenvalue weighted by molar-refractivity contribution is 5.93. The Kier molecular flexibility index (Phi) is 8.23. The molecule has 1 aliphatic rings. The molecule has 1 unspecified atom stereocenters. The molecule has 46 heavy (non-hydrogen) atoms. The van der Waals surface area contributed by atoms with E-state index in [1.807, 2.05) is 10.6 Å². The predicted octanol–water partition coefficient (Wildman–Crippen LogP) is 6.94. The van der Waals surface area contributed by atoms with Gasteiger partial charge in [-0.1, -0.05) is 26.0 Å². The van der Waals surface area contributed by atoms with Crippen LogP contribution in [0.4, 0.5) is 13.2 Å². The topological polar surface area (TPSA) is 99.3 Å². The Labute approximate surface area is 263 Å². The largest absolute Gasteiger partial charge is 0.473 e. The molecule has 234 valence electrons. The van der Waals surface area contributed by atoms with E-state index in [9.17, 15) is 9.18 Å². The van der Waals surface area contributed by atoms with Gasteiger partial charge < -0.3 is 18.8 Å². The van der Waals surface area contributed by atoms with Crippen molar-refractivity contribution >= 4 is 17.0 Å². The number of aromatic nitrogens is 3. The predicted molar refractivity (Wildman–Crippen MR) is 163 cm³/mol. The van der Waals surface area contributed by atoms with Crippen molar-refractivity contribution in [3.05, 3.63) is 112 Å². The minimum absolute atomic E-state index is 0.0232. The Balaban J connectivity index is 1.30. The van der Waals surface area contributed by atoms with E-state index in [2.05, 4.69) is 18.8 Å². The first kappa shape index (κ1) is 30.8. The minimum atomic E-state index is -0.695. The molecular weight excluding hydrogens is 597 g/mol. The number of imidazole rings is 1. The van der Waals surface area contributed by atoms with Gasteiger partial charge in [-0.15, -0.1) is 0 Å². The number of rotatable bonds is 8. The second kappa shape index (κ2) is 12.3. The molecule has 0 amide bonds. The SMILES string of the molecule is COC(=O)c1ccc2nc(Cc3cc(F)c(-c4cccc(OCc5ccc(C#N)cc5F)n4)cc3F)n(C3COCC3(C)C)c2c1. The number of hydrogen-bond donors (Lipinski definition) is 0. The van der Waals surface area contributed by atoms with Crippen LogP contribution in [-0.4, -0.2) is 40.8 Å². The van der Waals surface area contributed by atoms with Crippen molar-refractivity contribution in [1.82, 2.24) is 14.5 Å². The molecule has 1 atom stereocenters. The number of carbonyl (C=O) groups excluding carboxylic acids is 1. The van der Waals surface area contributed by atoms with Gasteiger partial charge in [-0.2, -0.15) is 5.26 Å². The fourth-order valence-corrected chi connectivity index (χ4v) is 5.66. The summed E-state index contributed by atoms with van der Waals surface area (Å²) >= 11 is 0. The molecule has 3 aromatic carbocycles. The highest BCUT2D eigenvalue weighted by Gasteiger charge is 2.39. The van der Waals surface area contributed by atoms with Gasteiger partial charge in [0.05, 0.1) is 60.3 Å². The van der Waals surface area contributed by atoms with Gasteiger partial charge in [0.2, 0.25) is 5.88 Å². The lowest BCUT2D eigenvalue weighted by Gasteiger charge is -2.28. The molecular formula is C35H29F3N4O4. The molecule has 0 aliphatic carbocycles. The van der Waals surface area contributed by atoms with E-state index in [0.29, 0.717) is 35.6 Å². The zero-order chi connectivity index (χ0) is 32.6. The van der Waals surface area contributed by atoms with Gasteiger partial charge in [0, 0.05) is 29.0 Å². The number of ether oxygens (including phenoxy) is 3. The second-order valence-electron chi connectivity index (χ2n) is 11.8. The Morgan fingerprint density at radius 2 is 1.83 bits per heavy atom. The number of benzene rings is 3. The molecule has 0 spiro atoms. The lowest BCUT2D eigenvalue weighted by molar-refractivity contribution is 0.0601. The van der Waals surface area contributed by atoms with Gasteiger partial charge in [-0.3, -0.25) is 0 Å². The molecule has 0 bridgehead atoms. The fraction of sp³-hybridized carbons (Fsp3) is 0.257. The minimum Gasteiger partial charge on any atom is -0.473 e. The van der Waals surface area contributed by atoms with E-state index in [0.717, 1.165) is 18.2 Å². The Morgan fingerprint density at radius 3 is 2.54 bits per heavy atom. The van der Waals surface area contributed by atoms with Crippen LogP contribution in [-0.2, 0) is 22.5 Å². The van der Waals surface area contributed by atoms with Gasteiger partial charge in [-0.05, 0) is 54.1 Å². The number of nitriles is 1. The summed E-state index contributed by atoms with van der Waals surface area (Å²) in [6, 6.07) is 17.6. The van der Waals surface area contributed by atoms with E-state index in [1.54, 1.807) is 24.3 Å². The van der Waals surface area contributed by atoms with Crippen LogP contribution in [0.3, 0.4) is 0 Å². The second-order valence-corrected chi connectivity index (χ2v) is 11.8. The van der Waals surface area contributed by atoms with Crippen molar-refractivity contribution in [1.29, 1.82) is 5.26 Å². The number of hydrogen-bond acceptors (Lipinski definition) is 7. The molecule has 0 radical (unpaired) electrons. The van der Waals surface area contributed by atoms with E-state index in [1.165, 1.54) is 31.4 Å². The number of nitrogens with zero attached hydrogens (tertiary/aromatic N) is 4. The van der Waals surface area contributed by atoms with Crippen LogP contribution >= 0.6 is 0 Å². The van der Waals surface area contributed by atoms with Crippen LogP contribution in [0.2, 0.25) is 0 Å². The van der Waals surface area contributed by atoms with Crippen LogP contribution in [0.15, 0.2) is 66.7 Å². The summed E-state index contributed by atoms with van der Waals surface area (Å²) in [4.78, 5) is 21.4. The maximum absolute atomic E-state index is 15.7. The summed E-state index contributed by atoms with van der Waals surface area (Å²) < 4.78 is 63.9. The third-order valence-electron chi connectivity index (χ3n) is 8.19. The van der Waals surface area contributed by atoms with Gasteiger partial charge >= 0.3 is 5.97 Å². The number of halogens is 3. The molecule has 0 saturated carbocycles. The van der Waals surface area contributed by atoms with Crippen molar-refractivity contribution in [3.8, 4) is 23.2 Å². The van der Waals surface area contributed by atoms with E-state index >= 15 is 8.78 Å². The van der Waals surface area contributed by atoms with E-state index in [-0.39, 0.29) is 58.3 Å². The van der Waals surface area contributed by atoms with Crippen LogP contribution in [0.25, 0.3) is 22.3 Å². The van der Waals surface area contributed by atoms with Crippen LogP contribution in [0.1, 0.15) is 52.8 Å². The van der Waals surface area contributed by atoms with E-state index in [4.69, 9.17) is 24.5 Å². The summed E-state index contributed by atoms with van der Waals surface area (Å²) in [7, 11) is 1.31. The third kappa shape index (κ3) is 5.91. The van der Waals surface area contributed by atoms with Crippen molar-refractivity contribution < 1.29 is 32.2 Å². The van der Waals surface area contributed by atoms with Gasteiger partial charge in [0.25, 0.3) is 0 Å². The highest BCUT2D eigenvalue weighted by atomic mass is 19.1. The van der Waals surface area contributed by atoms with Gasteiger partial charge in [0.15, 0.2) is 0 Å². The smallest absolute Gasteiger partial charge is 0.337 e. The van der Waals surface area contributed by atoms with Crippen LogP contribution in [0, 0.1) is 34.2 Å². The molecule has 11 heteroatoms. The Hall–Kier alpha value is -5.21. The lowest BCUT2D eigenvalue weighted by Crippen LogP contribution is -2.27. The molecule has 6 rings (SSSR count). The summed E-state index contributed by atoms with van der Waals surface area (Å²) in [5.41, 5.74) is 1.88. The first-order chi connectivity index (χ1) is 22.1. The third-order valence-corrected chi connectivity index (χ3v) is 8.19. The first-order valence-corrected chi connectivity index (χ1v) is 14.5. The van der Waals surface area contributed by atoms with Crippen molar-refractivity contribution in [2.24, 2.45) is 5.41 Å². The number of carbonyl (C=O) groups is 1. The molecule has 2 aromatic heterocycles. The molecule has 0 N–H and O–H groups in total. The number of methoxy groups -OCH3 is 1. The zero-order valence-corrected chi connectivity index (χ0v) is 25.3. The first-order valence-electron chi connectivity index (χ1n) is 14.5. The lowest BCUT2D eigenvalue weighted by atomic mass is 9.87. The Bertz CT molecular complexity index is 2020. The number of pyridine rings is 1. The number of fused-ring (bicyclic) bond motifs is 1. The fourth-order valence-electron chi connectivity index (χ4n) is 5.66. The molecule has 8 nitrogen and oxygen atoms in total. The quantitative estimate of drug-likeness (QED) is 0.172. The standard InChI is InChI=1S/C35H29F3N4O4/c1-35(2)19-45-18-31(35)42-30-13-21(34(43)44-3)9-10-29(30)40-32(42)14-23-12-27(38)24(15-26(23)37)28-5-4-6-33(41-28)46-17-22-8-7-20(16-39)11-25(22)36/h4-13,15,31H,14,17-19H2,1-3H3. The van der Waals surface area contributed by atoms with Gasteiger partial charge in [0.1, 0.15) is 29.9 Å².